The molecule has 0 aliphatic carbocycles. The van der Waals surface area contributed by atoms with Gasteiger partial charge in [0.05, 0.1) is 24.0 Å². The van der Waals surface area contributed by atoms with Crippen LogP contribution in [-0.4, -0.2) is 57.9 Å². The fourth-order valence-electron chi connectivity index (χ4n) is 7.13. The predicted octanol–water partition coefficient (Wildman–Crippen LogP) is 6.06. The molecule has 1 fully saturated rings. The normalized spacial score (nSPS) is 16.9. The first kappa shape index (κ1) is 36.8. The van der Waals surface area contributed by atoms with Crippen molar-refractivity contribution in [3.8, 4) is 0 Å². The number of alkyl carbamates (subject to hydrolysis) is 1. The number of hydrogen-bond donors (Lipinski definition) is 2. The number of carbonyl (C=O) groups is 5. The number of para-hydroxylation sites is 2. The van der Waals surface area contributed by atoms with Crippen molar-refractivity contribution in [1.29, 1.82) is 0 Å². The minimum atomic E-state index is -1.42. The molecule has 0 radical (unpaired) electrons. The molecule has 0 spiro atoms. The number of nitrogens with one attached hydrogen (secondary N) is 2. The molecule has 2 aromatic heterocycles. The average molecular weight is 726 g/mol. The summed E-state index contributed by atoms with van der Waals surface area (Å²) < 4.78 is 7.38. The van der Waals surface area contributed by atoms with Crippen LogP contribution < -0.4 is 20.4 Å². The quantitative estimate of drug-likeness (QED) is 0.193. The van der Waals surface area contributed by atoms with Gasteiger partial charge in [-0.1, -0.05) is 30.3 Å². The molecule has 2 aliphatic heterocycles. The van der Waals surface area contributed by atoms with E-state index in [0.717, 1.165) is 34.0 Å². The summed E-state index contributed by atoms with van der Waals surface area (Å²) in [4.78, 5) is 71.8. The number of fused-ring (bicyclic) bond motifs is 2. The van der Waals surface area contributed by atoms with Crippen LogP contribution in [0, 0.1) is 5.92 Å². The van der Waals surface area contributed by atoms with Crippen molar-refractivity contribution in [2.45, 2.75) is 90.4 Å². The van der Waals surface area contributed by atoms with Gasteiger partial charge in [0.2, 0.25) is 17.7 Å². The number of thiophene rings is 1. The van der Waals surface area contributed by atoms with E-state index in [-0.39, 0.29) is 30.4 Å². The number of Topliss-reactive ketones (excluding diaryl/α,β-unsaturated/α-hetero) is 1. The minimum absolute atomic E-state index is 0.0322. The van der Waals surface area contributed by atoms with E-state index < -0.39 is 35.1 Å². The molecule has 1 unspecified atom stereocenters. The zero-order valence-electron chi connectivity index (χ0n) is 30.7. The first-order valence-corrected chi connectivity index (χ1v) is 18.7. The lowest BCUT2D eigenvalue weighted by Gasteiger charge is -2.37. The molecule has 2 aliphatic rings. The largest absolute Gasteiger partial charge is 0.444 e. The number of nitrogens with zero attached hydrogens (tertiary/aromatic N) is 3. The fraction of sp³-hybridized carbons (Fsp3) is 0.425. The Bertz CT molecular complexity index is 2010. The lowest BCUT2D eigenvalue weighted by molar-refractivity contribution is -0.132. The Labute approximate surface area is 308 Å². The number of aromatic nitrogens is 1. The Hall–Kier alpha value is -4.97. The van der Waals surface area contributed by atoms with Gasteiger partial charge in [-0.05, 0) is 93.1 Å². The summed E-state index contributed by atoms with van der Waals surface area (Å²) >= 11 is 1.54. The Kier molecular flexibility index (Phi) is 10.3. The highest BCUT2D eigenvalue weighted by Crippen LogP contribution is 2.42. The van der Waals surface area contributed by atoms with Gasteiger partial charge in [0, 0.05) is 55.9 Å². The summed E-state index contributed by atoms with van der Waals surface area (Å²) in [6.45, 7) is 9.20. The number of carbonyl (C=O) groups excluding carboxylic acids is 5. The number of rotatable bonds is 11. The molecule has 4 aromatic rings. The second-order valence-electron chi connectivity index (χ2n) is 15.3. The van der Waals surface area contributed by atoms with E-state index in [4.69, 9.17) is 4.74 Å². The maximum absolute atomic E-state index is 14.5. The molecular formula is C40H47N5O6S. The summed E-state index contributed by atoms with van der Waals surface area (Å²) in [6, 6.07) is 14.6. The lowest BCUT2D eigenvalue weighted by atomic mass is 9.85. The maximum Gasteiger partial charge on any atom is 0.408 e. The van der Waals surface area contributed by atoms with Crippen LogP contribution in [0.5, 0.6) is 0 Å². The third-order valence-corrected chi connectivity index (χ3v) is 10.4. The van der Waals surface area contributed by atoms with Gasteiger partial charge in [-0.25, -0.2) is 4.79 Å². The van der Waals surface area contributed by atoms with Gasteiger partial charge in [-0.2, -0.15) is 11.3 Å². The Balaban J connectivity index is 1.30. The second kappa shape index (κ2) is 14.6. The van der Waals surface area contributed by atoms with Crippen LogP contribution in [-0.2, 0) is 50.3 Å². The number of hydrogen-bond acceptors (Lipinski definition) is 7. The van der Waals surface area contributed by atoms with Gasteiger partial charge in [0.15, 0.2) is 5.78 Å². The zero-order valence-corrected chi connectivity index (χ0v) is 31.5. The van der Waals surface area contributed by atoms with Crippen molar-refractivity contribution >= 4 is 63.2 Å². The van der Waals surface area contributed by atoms with Gasteiger partial charge in [-0.15, -0.1) is 0 Å². The number of ether oxygens (including phenoxy) is 1. The van der Waals surface area contributed by atoms with Crippen molar-refractivity contribution in [3.63, 3.8) is 0 Å². The maximum atomic E-state index is 14.5. The summed E-state index contributed by atoms with van der Waals surface area (Å²) in [5, 5.41) is 10.5. The van der Waals surface area contributed by atoms with Crippen molar-refractivity contribution in [3.05, 3.63) is 82.2 Å². The number of benzene rings is 2. The molecule has 4 amide bonds. The number of ketones is 1. The molecular weight excluding hydrogens is 679 g/mol. The molecule has 0 saturated carbocycles. The minimum Gasteiger partial charge on any atom is -0.444 e. The molecule has 274 valence electrons. The van der Waals surface area contributed by atoms with Crippen LogP contribution in [0.2, 0.25) is 0 Å². The molecule has 11 nitrogen and oxygen atoms in total. The van der Waals surface area contributed by atoms with E-state index in [1.165, 1.54) is 0 Å². The number of anilines is 2. The van der Waals surface area contributed by atoms with Gasteiger partial charge in [-0.3, -0.25) is 19.2 Å². The molecule has 2 atom stereocenters. The lowest BCUT2D eigenvalue weighted by Crippen LogP contribution is -2.59. The van der Waals surface area contributed by atoms with E-state index in [1.54, 1.807) is 55.8 Å². The fourth-order valence-corrected chi connectivity index (χ4v) is 7.79. The van der Waals surface area contributed by atoms with Gasteiger partial charge >= 0.3 is 6.09 Å². The summed E-state index contributed by atoms with van der Waals surface area (Å²) in [5.41, 5.74) is 2.95. The van der Waals surface area contributed by atoms with E-state index in [2.05, 4.69) is 10.6 Å². The van der Waals surface area contributed by atoms with E-state index >= 15 is 0 Å². The van der Waals surface area contributed by atoms with Crippen LogP contribution in [0.3, 0.4) is 0 Å². The van der Waals surface area contributed by atoms with Crippen LogP contribution in [0.1, 0.15) is 70.6 Å². The van der Waals surface area contributed by atoms with E-state index in [1.807, 2.05) is 77.1 Å². The third kappa shape index (κ3) is 7.91. The first-order chi connectivity index (χ1) is 24.6. The predicted molar refractivity (Wildman–Crippen MR) is 202 cm³/mol. The van der Waals surface area contributed by atoms with Gasteiger partial charge in [0.1, 0.15) is 11.1 Å². The standard InChI is InChI=1S/C40H47N5O6S/c1-39(2,3)51-38(50)42-40(4,5)37(49)41-30(20-28-23-43(6)31-13-8-7-12-29(28)31)33(46)21-27-19-26-11-9-14-32(44-17-10-15-34(44)47)35(26)45(36(27)48)22-25-16-18-52-24-25/h7-9,11-14,16,18,23-24,27,30H,10,15,17,19-22H2,1-6H3,(H,41,49)(H,42,50)/t27?,30-/m1/s1. The van der Waals surface area contributed by atoms with Crippen molar-refractivity contribution in [1.82, 2.24) is 15.2 Å². The summed E-state index contributed by atoms with van der Waals surface area (Å²) in [5.74, 6) is -1.71. The Morgan fingerprint density at radius 2 is 1.79 bits per heavy atom. The zero-order chi connectivity index (χ0) is 37.4. The SMILES string of the molecule is Cn1cc(C[C@@H](NC(=O)C(C)(C)NC(=O)OC(C)(C)C)C(=O)CC2Cc3cccc(N4CCCC4=O)c3N(Cc3ccsc3)C2=O)c2ccccc21. The highest BCUT2D eigenvalue weighted by molar-refractivity contribution is 7.07. The molecule has 6 rings (SSSR count). The van der Waals surface area contributed by atoms with E-state index in [9.17, 15) is 24.0 Å². The molecule has 0 bridgehead atoms. The smallest absolute Gasteiger partial charge is 0.408 e. The molecule has 4 heterocycles. The topological polar surface area (TPSA) is 130 Å². The monoisotopic (exact) mass is 725 g/mol. The van der Waals surface area contributed by atoms with Gasteiger partial charge < -0.3 is 29.7 Å². The molecule has 1 saturated heterocycles. The Morgan fingerprint density at radius 3 is 2.48 bits per heavy atom. The molecule has 2 aromatic carbocycles. The van der Waals surface area contributed by atoms with Crippen molar-refractivity contribution < 1.29 is 28.7 Å². The number of aryl methyl sites for hydroxylation is 1. The van der Waals surface area contributed by atoms with Crippen LogP contribution >= 0.6 is 11.3 Å². The van der Waals surface area contributed by atoms with E-state index in [0.29, 0.717) is 37.3 Å². The van der Waals surface area contributed by atoms with Crippen LogP contribution in [0.25, 0.3) is 10.9 Å². The molecule has 2 N–H and O–H groups in total. The second-order valence-corrected chi connectivity index (χ2v) is 16.1. The highest BCUT2D eigenvalue weighted by Gasteiger charge is 2.40. The Morgan fingerprint density at radius 1 is 1.02 bits per heavy atom. The summed E-state index contributed by atoms with van der Waals surface area (Å²) in [6.07, 6.45) is 2.81. The van der Waals surface area contributed by atoms with Crippen molar-refractivity contribution in [2.75, 3.05) is 16.3 Å². The van der Waals surface area contributed by atoms with Crippen molar-refractivity contribution in [2.24, 2.45) is 13.0 Å². The molecule has 12 heteroatoms. The summed E-state index contributed by atoms with van der Waals surface area (Å²) in [7, 11) is 1.93. The first-order valence-electron chi connectivity index (χ1n) is 17.7. The number of amides is 4. The van der Waals surface area contributed by atoms with Gasteiger partial charge in [0.25, 0.3) is 0 Å². The average Bonchev–Trinajstić information content (AvgIpc) is 3.82. The van der Waals surface area contributed by atoms with Crippen LogP contribution in [0.4, 0.5) is 16.2 Å². The van der Waals surface area contributed by atoms with Crippen LogP contribution in [0.15, 0.2) is 65.5 Å². The third-order valence-electron chi connectivity index (χ3n) is 9.66. The highest BCUT2D eigenvalue weighted by atomic mass is 32.1. The molecule has 52 heavy (non-hydrogen) atoms.